The van der Waals surface area contributed by atoms with Gasteiger partial charge in [-0.25, -0.2) is 30.4 Å². The molecule has 3 unspecified atom stereocenters. The van der Waals surface area contributed by atoms with E-state index in [-0.39, 0.29) is 29.6 Å². The second-order valence-corrected chi connectivity index (χ2v) is 6.36. The molecule has 0 aromatic heterocycles. The molecule has 0 aliphatic carbocycles. The number of hydrogen-bond acceptors (Lipinski definition) is 3. The van der Waals surface area contributed by atoms with Crippen molar-refractivity contribution in [2.24, 2.45) is 0 Å². The van der Waals surface area contributed by atoms with Crippen LogP contribution in [0, 0.1) is 0 Å². The van der Waals surface area contributed by atoms with Gasteiger partial charge in [-0.1, -0.05) is 0 Å². The zero-order valence-electron chi connectivity index (χ0n) is 13.1. The van der Waals surface area contributed by atoms with Crippen LogP contribution in [0.5, 0.6) is 0 Å². The second kappa shape index (κ2) is 8.78. The SMILES string of the molecule is O=S(=O)([O-])C(F)C(F)(F)C(F)(F)C(F)(F)C(F)(F)C(F)(F)C(F)C(F)C(F)F.[Na+]. The maximum absolute atomic E-state index is 13.1. The standard InChI is InChI=1S/C9H5F15O3S.Na/c10-1(3(12)13)2(11)5(15,16)7(19,20)9(23,24)8(21,22)6(17,18)4(14)28(25,26)27;/h1-4H,(H,25,26,27);/q;+1/p-1. The summed E-state index contributed by atoms with van der Waals surface area (Å²) in [4.78, 5) is 0. The van der Waals surface area contributed by atoms with Crippen LogP contribution < -0.4 is 29.6 Å². The molecule has 0 radical (unpaired) electrons. The van der Waals surface area contributed by atoms with E-state index < -0.39 is 64.0 Å². The van der Waals surface area contributed by atoms with Crippen LogP contribution in [0.1, 0.15) is 0 Å². The van der Waals surface area contributed by atoms with Crippen LogP contribution in [-0.2, 0) is 10.1 Å². The fourth-order valence-corrected chi connectivity index (χ4v) is 1.95. The summed E-state index contributed by atoms with van der Waals surface area (Å²) in [5.74, 6) is -39.7. The molecule has 0 saturated heterocycles. The smallest absolute Gasteiger partial charge is 0.746 e. The molecule has 0 fully saturated rings. The third kappa shape index (κ3) is 4.87. The third-order valence-corrected chi connectivity index (χ3v) is 3.83. The van der Waals surface area contributed by atoms with Crippen LogP contribution in [0.15, 0.2) is 0 Å². The summed E-state index contributed by atoms with van der Waals surface area (Å²) in [6.07, 6.45) is -15.6. The number of halogens is 15. The van der Waals surface area contributed by atoms with Gasteiger partial charge < -0.3 is 4.55 Å². The molecule has 0 aliphatic heterocycles. The van der Waals surface area contributed by atoms with Gasteiger partial charge in [-0.15, -0.1) is 0 Å². The number of alkyl halides is 15. The normalized spacial score (nSPS) is 18.2. The number of rotatable bonds is 9. The Labute approximate surface area is 172 Å². The first-order valence-corrected chi connectivity index (χ1v) is 7.43. The summed E-state index contributed by atoms with van der Waals surface area (Å²) in [6.45, 7) is 0. The Morgan fingerprint density at radius 2 is 0.931 bits per heavy atom. The van der Waals surface area contributed by atoms with Gasteiger partial charge in [0, 0.05) is 0 Å². The summed E-state index contributed by atoms with van der Waals surface area (Å²) in [7, 11) is -7.27. The predicted octanol–water partition coefficient (Wildman–Crippen LogP) is 0.949. The van der Waals surface area contributed by atoms with E-state index in [2.05, 4.69) is 0 Å². The Hall–Kier alpha value is -0.140. The molecule has 170 valence electrons. The molecule has 0 heterocycles. The van der Waals surface area contributed by atoms with E-state index in [4.69, 9.17) is 0 Å². The molecule has 29 heavy (non-hydrogen) atoms. The fraction of sp³-hybridized carbons (Fsp3) is 1.00. The van der Waals surface area contributed by atoms with Crippen LogP contribution in [0.3, 0.4) is 0 Å². The molecule has 0 spiro atoms. The molecule has 0 amide bonds. The average molecular weight is 500 g/mol. The summed E-state index contributed by atoms with van der Waals surface area (Å²) < 4.78 is 222. The molecule has 3 nitrogen and oxygen atoms in total. The van der Waals surface area contributed by atoms with Gasteiger partial charge in [-0.05, 0) is 0 Å². The van der Waals surface area contributed by atoms with Crippen molar-refractivity contribution in [1.82, 2.24) is 0 Å². The quantitative estimate of drug-likeness (QED) is 0.269. The zero-order chi connectivity index (χ0) is 23.3. The third-order valence-electron chi connectivity index (χ3n) is 3.03. The maximum Gasteiger partial charge on any atom is 1.00 e. The molecule has 20 heteroatoms. The van der Waals surface area contributed by atoms with E-state index in [0.717, 1.165) is 0 Å². The minimum Gasteiger partial charge on any atom is -0.746 e. The van der Waals surface area contributed by atoms with Crippen molar-refractivity contribution >= 4 is 10.1 Å². The van der Waals surface area contributed by atoms with E-state index in [0.29, 0.717) is 0 Å². The minimum atomic E-state index is -8.30. The van der Waals surface area contributed by atoms with E-state index in [9.17, 15) is 78.8 Å². The van der Waals surface area contributed by atoms with Crippen molar-refractivity contribution in [1.29, 1.82) is 0 Å². The predicted molar refractivity (Wildman–Crippen MR) is 55.1 cm³/mol. The van der Waals surface area contributed by atoms with E-state index in [1.54, 1.807) is 0 Å². The van der Waals surface area contributed by atoms with Crippen molar-refractivity contribution in [2.75, 3.05) is 0 Å². The molecule has 0 aromatic rings. The number of hydrogen-bond donors (Lipinski definition) is 0. The van der Waals surface area contributed by atoms with Crippen LogP contribution in [-0.4, -0.2) is 66.9 Å². The van der Waals surface area contributed by atoms with Gasteiger partial charge in [-0.3, -0.25) is 0 Å². The van der Waals surface area contributed by atoms with Crippen molar-refractivity contribution in [3.05, 3.63) is 0 Å². The molecular formula is C9H4F15NaO3S. The molecule has 3 atom stereocenters. The monoisotopic (exact) mass is 500 g/mol. The fourth-order valence-electron chi connectivity index (χ4n) is 1.44. The Kier molecular flexibility index (Phi) is 9.39. The van der Waals surface area contributed by atoms with Gasteiger partial charge in [0.1, 0.15) is 10.1 Å². The summed E-state index contributed by atoms with van der Waals surface area (Å²) in [5.41, 5.74) is -5.89. The first kappa shape index (κ1) is 31.0. The van der Waals surface area contributed by atoms with Crippen molar-refractivity contribution in [3.63, 3.8) is 0 Å². The van der Waals surface area contributed by atoms with E-state index >= 15 is 0 Å². The van der Waals surface area contributed by atoms with Crippen LogP contribution in [0.2, 0.25) is 0 Å². The molecule has 0 aromatic carbocycles. The van der Waals surface area contributed by atoms with Crippen LogP contribution >= 0.6 is 0 Å². The molecular weight excluding hydrogens is 496 g/mol. The van der Waals surface area contributed by atoms with Gasteiger partial charge >= 0.3 is 59.2 Å². The Morgan fingerprint density at radius 1 is 0.621 bits per heavy atom. The van der Waals surface area contributed by atoms with Crippen LogP contribution in [0.25, 0.3) is 0 Å². The second-order valence-electron chi connectivity index (χ2n) is 4.96. The Balaban J connectivity index is 0. The van der Waals surface area contributed by atoms with E-state index in [1.165, 1.54) is 0 Å². The first-order chi connectivity index (χ1) is 11.9. The van der Waals surface area contributed by atoms with Gasteiger partial charge in [-0.2, -0.15) is 43.9 Å². The molecule has 0 saturated carbocycles. The first-order valence-electron chi connectivity index (χ1n) is 5.96. The minimum absolute atomic E-state index is 0. The van der Waals surface area contributed by atoms with Crippen molar-refractivity contribution in [3.8, 4) is 0 Å². The average Bonchev–Trinajstić information content (AvgIpc) is 2.50. The van der Waals surface area contributed by atoms with Crippen LogP contribution in [0.4, 0.5) is 65.9 Å². The summed E-state index contributed by atoms with van der Waals surface area (Å²) in [6, 6.07) is 0. The van der Waals surface area contributed by atoms with E-state index in [1.807, 2.05) is 0 Å². The molecule has 0 rings (SSSR count). The maximum atomic E-state index is 13.1. The van der Waals surface area contributed by atoms with Crippen molar-refractivity contribution < 1.29 is 108 Å². The zero-order valence-corrected chi connectivity index (χ0v) is 15.9. The van der Waals surface area contributed by atoms with Gasteiger partial charge in [0.25, 0.3) is 11.9 Å². The Morgan fingerprint density at radius 3 is 1.21 bits per heavy atom. The van der Waals surface area contributed by atoms with Crippen molar-refractivity contribution in [2.45, 2.75) is 53.9 Å². The summed E-state index contributed by atoms with van der Waals surface area (Å²) >= 11 is 0. The van der Waals surface area contributed by atoms with Gasteiger partial charge in [0.05, 0.1) is 0 Å². The molecule has 0 aliphatic rings. The largest absolute Gasteiger partial charge is 1.00 e. The topological polar surface area (TPSA) is 57.2 Å². The van der Waals surface area contributed by atoms with Gasteiger partial charge in [0.15, 0.2) is 6.17 Å². The summed E-state index contributed by atoms with van der Waals surface area (Å²) in [5, 5.41) is 0. The Bertz CT molecular complexity index is 666. The van der Waals surface area contributed by atoms with Gasteiger partial charge in [0.2, 0.25) is 6.17 Å². The molecule has 0 N–H and O–H groups in total. The molecule has 0 bridgehead atoms.